The van der Waals surface area contributed by atoms with Crippen LogP contribution >= 0.6 is 0 Å². The zero-order chi connectivity index (χ0) is 14.0. The molecule has 0 aliphatic heterocycles. The van der Waals surface area contributed by atoms with Gasteiger partial charge in [0, 0.05) is 11.9 Å². The molecule has 0 atom stereocenters. The summed E-state index contributed by atoms with van der Waals surface area (Å²) in [6.45, 7) is 1.94. The summed E-state index contributed by atoms with van der Waals surface area (Å²) in [6.07, 6.45) is 0. The molecule has 0 spiro atoms. The normalized spacial score (nSPS) is 7.61. The molecule has 0 radical (unpaired) electrons. The Morgan fingerprint density at radius 3 is 1.67 bits per heavy atom. The van der Waals surface area contributed by atoms with Gasteiger partial charge >= 0.3 is 61.9 Å². The van der Waals surface area contributed by atoms with Gasteiger partial charge in [-0.15, -0.1) is 0 Å². The van der Waals surface area contributed by atoms with E-state index in [0.717, 1.165) is 19.9 Å². The minimum Gasteiger partial charge on any atom is -0.344 e. The Morgan fingerprint density at radius 1 is 1.11 bits per heavy atom. The summed E-state index contributed by atoms with van der Waals surface area (Å²) in [6, 6.07) is 3.37. The molecule has 8 heteroatoms. The van der Waals surface area contributed by atoms with Crippen molar-refractivity contribution in [1.82, 2.24) is 6.15 Å². The number of carbonyl (C=O) groups excluding carboxylic acids is 2. The fourth-order valence-corrected chi connectivity index (χ4v) is 0.703. The number of rotatable bonds is 0. The van der Waals surface area contributed by atoms with Crippen LogP contribution in [-0.2, 0) is 28.8 Å². The summed E-state index contributed by atoms with van der Waals surface area (Å²) >= 11 is 2.63. The van der Waals surface area contributed by atoms with E-state index < -0.39 is 23.6 Å². The molecule has 1 rings (SSSR count). The second kappa shape index (κ2) is 12.1. The third-order valence-corrected chi connectivity index (χ3v) is 1.49. The quantitative estimate of drug-likeness (QED) is 0.588. The van der Waals surface area contributed by atoms with Crippen molar-refractivity contribution in [2.75, 3.05) is 0 Å². The number of carboxylic acids is 2. The predicted molar refractivity (Wildman–Crippen MR) is 52.4 cm³/mol. The Morgan fingerprint density at radius 2 is 1.44 bits per heavy atom. The third kappa shape index (κ3) is 20.1. The molecule has 0 amide bonds. The molecule has 0 aliphatic rings. The largest absolute Gasteiger partial charge is 0.344 e. The molecule has 0 heterocycles. The van der Waals surface area contributed by atoms with E-state index in [1.54, 1.807) is 0 Å². The van der Waals surface area contributed by atoms with E-state index in [1.807, 2.05) is 0 Å². The van der Waals surface area contributed by atoms with Gasteiger partial charge in [0.1, 0.15) is 0 Å². The average molecular weight is 355 g/mol. The molecule has 105 valence electrons. The van der Waals surface area contributed by atoms with Crippen molar-refractivity contribution in [1.29, 1.82) is 0 Å². The molecule has 0 aromatic heterocycles. The Hall–Kier alpha value is -1.36. The van der Waals surface area contributed by atoms with Crippen LogP contribution in [0.25, 0.3) is 0 Å². The average Bonchev–Trinajstić information content (AvgIpc) is 2.10. The van der Waals surface area contributed by atoms with Crippen LogP contribution in [0.1, 0.15) is 13.8 Å². The maximum atomic E-state index is 12.3. The van der Waals surface area contributed by atoms with Gasteiger partial charge in [-0.3, -0.25) is 0 Å². The first-order valence-electron chi connectivity index (χ1n) is 4.09. The van der Waals surface area contributed by atoms with Gasteiger partial charge in [-0.2, -0.15) is 0 Å². The first-order chi connectivity index (χ1) is 7.66. The van der Waals surface area contributed by atoms with Crippen LogP contribution in [0.15, 0.2) is 18.2 Å². The molecule has 1 aromatic carbocycles. The number of hydrogen-bond acceptors (Lipinski definition) is 5. The van der Waals surface area contributed by atoms with Crippen molar-refractivity contribution in [3.8, 4) is 0 Å². The van der Waals surface area contributed by atoms with Gasteiger partial charge in [0.05, 0.1) is 0 Å². The molecule has 0 bridgehead atoms. The van der Waals surface area contributed by atoms with Gasteiger partial charge < -0.3 is 26.0 Å². The van der Waals surface area contributed by atoms with Crippen molar-refractivity contribution in [2.24, 2.45) is 0 Å². The van der Waals surface area contributed by atoms with Crippen LogP contribution < -0.4 is 20.4 Å². The first kappa shape index (κ1) is 21.9. The molecule has 3 N–H and O–H groups in total. The van der Waals surface area contributed by atoms with Crippen molar-refractivity contribution in [3.63, 3.8) is 0 Å². The van der Waals surface area contributed by atoms with Crippen molar-refractivity contribution in [3.05, 3.63) is 29.8 Å². The van der Waals surface area contributed by atoms with Crippen LogP contribution in [0.5, 0.6) is 0 Å². The fourth-order valence-electron chi connectivity index (χ4n) is 0.461. The van der Waals surface area contributed by atoms with Crippen LogP contribution in [0, 0.1) is 11.6 Å². The Kier molecular flexibility index (Phi) is 14.7. The van der Waals surface area contributed by atoms with Gasteiger partial charge in [0.2, 0.25) is 0 Å². The second-order valence-corrected chi connectivity index (χ2v) is 3.35. The number of benzene rings is 1. The zero-order valence-electron chi connectivity index (χ0n) is 9.64. The number of carboxylic acid groups (broad SMARTS) is 2. The van der Waals surface area contributed by atoms with Gasteiger partial charge in [-0.05, 0) is 13.8 Å². The van der Waals surface area contributed by atoms with Crippen molar-refractivity contribution in [2.45, 2.75) is 13.8 Å². The molecule has 0 unspecified atom stereocenters. The smallest absolute Gasteiger partial charge is 0.344 e. The minimum atomic E-state index is -1.08. The summed E-state index contributed by atoms with van der Waals surface area (Å²) in [4.78, 5) is 17.8. The molecular formula is C10H12F2NO4Pd. The Labute approximate surface area is 114 Å². The Balaban J connectivity index is -0.000000214. The molecule has 18 heavy (non-hydrogen) atoms. The molecule has 0 fully saturated rings. The zero-order valence-corrected chi connectivity index (χ0v) is 11.2. The predicted octanol–water partition coefficient (Wildman–Crippen LogP) is -1.19. The first-order valence-corrected chi connectivity index (χ1v) is 4.87. The maximum Gasteiger partial charge on any atom is -0.344 e. The van der Waals surface area contributed by atoms with E-state index in [2.05, 4.69) is 19.2 Å². The molecular weight excluding hydrogens is 343 g/mol. The number of halogens is 2. The van der Waals surface area contributed by atoms with Gasteiger partial charge in [0.25, 0.3) is 0 Å². The molecule has 0 saturated carbocycles. The summed E-state index contributed by atoms with van der Waals surface area (Å²) < 4.78 is 24.7. The molecule has 5 nitrogen and oxygen atoms in total. The van der Waals surface area contributed by atoms with E-state index in [-0.39, 0.29) is 6.15 Å². The Bertz CT molecular complexity index is 368. The maximum absolute atomic E-state index is 12.3. The number of carbonyl (C=O) groups is 2. The SMILES string of the molecule is CC(=O)[O-].CC(=O)[O-].Fc1cc[c]([Pd+2])c(F)c1.N. The monoisotopic (exact) mass is 354 g/mol. The minimum absolute atomic E-state index is 0. The standard InChI is InChI=1S/C6H3F2.2C2H4O2.H3N.Pd/c7-5-2-1-3-6(8)4-5;2*1-2(3)4;;/h1-2,4H;2*1H3,(H,3,4);1H3;/q;;;;+2/p-2. The second-order valence-electron chi connectivity index (χ2n) is 2.51. The van der Waals surface area contributed by atoms with E-state index >= 15 is 0 Å². The van der Waals surface area contributed by atoms with E-state index in [9.17, 15) is 8.78 Å². The summed E-state index contributed by atoms with van der Waals surface area (Å²) in [7, 11) is 0. The van der Waals surface area contributed by atoms with Crippen molar-refractivity contribution < 1.29 is 47.8 Å². The van der Waals surface area contributed by atoms with Crippen molar-refractivity contribution >= 4 is 16.0 Å². The van der Waals surface area contributed by atoms with Gasteiger partial charge in [-0.25, -0.2) is 0 Å². The van der Waals surface area contributed by atoms with E-state index in [4.69, 9.17) is 19.8 Å². The van der Waals surface area contributed by atoms with Crippen LogP contribution in [-0.4, -0.2) is 11.9 Å². The summed E-state index contributed by atoms with van der Waals surface area (Å²) in [5.41, 5.74) is 0. The molecule has 1 aromatic rings. The molecule has 0 aliphatic carbocycles. The number of hydrogen-bond donors (Lipinski definition) is 1. The number of aliphatic carboxylic acids is 2. The summed E-state index contributed by atoms with van der Waals surface area (Å²) in [5.74, 6) is -3.28. The third-order valence-electron chi connectivity index (χ3n) is 0.857. The molecule has 0 saturated heterocycles. The van der Waals surface area contributed by atoms with Crippen LogP contribution in [0.2, 0.25) is 0 Å². The van der Waals surface area contributed by atoms with Crippen LogP contribution in [0.3, 0.4) is 0 Å². The van der Waals surface area contributed by atoms with E-state index in [1.165, 1.54) is 12.1 Å². The fraction of sp³-hybridized carbons (Fsp3) is 0.200. The van der Waals surface area contributed by atoms with Gasteiger partial charge in [0.15, 0.2) is 0 Å². The van der Waals surface area contributed by atoms with E-state index in [0.29, 0.717) is 4.04 Å². The topological polar surface area (TPSA) is 115 Å². The van der Waals surface area contributed by atoms with Crippen LogP contribution in [0.4, 0.5) is 8.78 Å². The van der Waals surface area contributed by atoms with Gasteiger partial charge in [-0.1, -0.05) is 0 Å². The summed E-state index contributed by atoms with van der Waals surface area (Å²) in [5, 5.41) is 17.8.